The monoisotopic (exact) mass is 1570 g/mol. The summed E-state index contributed by atoms with van der Waals surface area (Å²) < 4.78 is 36.3. The Labute approximate surface area is 695 Å². The Kier molecular flexibility index (Phi) is 17.7. The molecule has 17 aromatic carbocycles. The van der Waals surface area contributed by atoms with E-state index in [9.17, 15) is 0 Å². The third kappa shape index (κ3) is 12.2. The molecule has 0 fully saturated rings. The molecule has 0 aliphatic carbocycles. The number of rotatable bonds is 13. The Morgan fingerprint density at radius 1 is 0.200 bits per heavy atom. The molecular formula is C111H73N5O2P2. The molecule has 4 aromatic heterocycles. The van der Waals surface area contributed by atoms with Crippen LogP contribution in [0.25, 0.3) is 178 Å². The van der Waals surface area contributed by atoms with Crippen molar-refractivity contribution < 1.29 is 9.13 Å². The van der Waals surface area contributed by atoms with Gasteiger partial charge in [0.1, 0.15) is 0 Å². The standard InChI is InChI=1S/C59H39N2OP.C52H34N3OP/c62-63(49-18-8-3-9-19-49)57-23-13-11-20-50(57)51-36-37-56-58(59(51)63)52-21-10-12-22-55(52)61(56)48-34-32-44(33-35-48)47-38-53(45-28-24-42(25-29-45)40-14-4-1-5-15-40)60-54(39-47)46-30-26-43(27-31-46)41-16-6-2-7-17-41;56-57(41-18-8-3-9-19-41)49-23-13-11-20-42(49)43-32-33-48-50(51(43)57)44-21-10-12-22-47(44)55(48)40-30-28-39(29-31-40)52-53-45(37-16-6-2-7-17-37)34-46(54-52)38-26-24-36(25-27-38)35-14-4-1-5-15-35/h1-39H;1-34H. The first-order chi connectivity index (χ1) is 59.3. The second kappa shape index (κ2) is 29.6. The maximum absolute atomic E-state index is 15.9. The van der Waals surface area contributed by atoms with Crippen LogP contribution in [-0.4, -0.2) is 24.1 Å². The number of benzene rings is 17. The molecule has 2 aliphatic heterocycles. The van der Waals surface area contributed by atoms with Gasteiger partial charge in [0.2, 0.25) is 0 Å². The molecular weight excluding hydrogens is 1500 g/mol. The van der Waals surface area contributed by atoms with Crippen molar-refractivity contribution in [2.24, 2.45) is 0 Å². The molecule has 6 heterocycles. The maximum Gasteiger partial charge on any atom is 0.172 e. The van der Waals surface area contributed by atoms with Crippen LogP contribution in [0.1, 0.15) is 0 Å². The Bertz CT molecular complexity index is 7530. The van der Waals surface area contributed by atoms with Gasteiger partial charge in [0.05, 0.1) is 44.8 Å². The van der Waals surface area contributed by atoms with E-state index in [-0.39, 0.29) is 0 Å². The molecule has 0 saturated heterocycles. The highest BCUT2D eigenvalue weighted by molar-refractivity contribution is 7.87. The summed E-state index contributed by atoms with van der Waals surface area (Å²) in [5, 5.41) is 9.66. The van der Waals surface area contributed by atoms with Crippen molar-refractivity contribution in [3.8, 4) is 135 Å². The van der Waals surface area contributed by atoms with Crippen LogP contribution in [-0.2, 0) is 9.13 Å². The van der Waals surface area contributed by atoms with E-state index in [1.807, 2.05) is 121 Å². The van der Waals surface area contributed by atoms with Gasteiger partial charge in [0.25, 0.3) is 0 Å². The molecule has 0 bridgehead atoms. The lowest BCUT2D eigenvalue weighted by Crippen LogP contribution is -2.21. The minimum Gasteiger partial charge on any atom is -0.309 e. The summed E-state index contributed by atoms with van der Waals surface area (Å²) in [6, 6.07) is 154. The molecule has 120 heavy (non-hydrogen) atoms. The molecule has 0 saturated carbocycles. The first kappa shape index (κ1) is 71.6. The SMILES string of the molecule is O=P1(c2ccccc2)c2ccccc2-c2ccc3c(c21)c1ccccc1n3-c1ccc(-c2cc(-c3ccc(-c4ccccc4)cc3)nc(-c3ccc(-c4ccccc4)cc3)c2)cc1.O=P1(c2ccccc2)c2ccccc2-c2ccc3c(c21)c1ccccc1n3-c1ccc(-c2nc(-c3ccccc3)cc(-c3ccc(-c4ccccc4)cc3)n2)cc1. The van der Waals surface area contributed by atoms with Gasteiger partial charge in [-0.3, -0.25) is 0 Å². The van der Waals surface area contributed by atoms with Crippen LogP contribution in [0.15, 0.2) is 443 Å². The number of para-hydroxylation sites is 2. The summed E-state index contributed by atoms with van der Waals surface area (Å²) in [5.74, 6) is 0.659. The minimum absolute atomic E-state index is 0.659. The Morgan fingerprint density at radius 3 is 0.875 bits per heavy atom. The normalized spacial score (nSPS) is 14.3. The zero-order valence-electron chi connectivity index (χ0n) is 65.1. The zero-order chi connectivity index (χ0) is 79.8. The second-order valence-corrected chi connectivity index (χ2v) is 36.0. The van der Waals surface area contributed by atoms with Crippen molar-refractivity contribution in [1.29, 1.82) is 0 Å². The highest BCUT2D eigenvalue weighted by Crippen LogP contribution is 2.57. The fraction of sp³-hybridized carbons (Fsp3) is 0. The molecule has 21 aromatic rings. The van der Waals surface area contributed by atoms with Crippen LogP contribution in [0, 0.1) is 0 Å². The first-order valence-corrected chi connectivity index (χ1v) is 44.0. The summed E-state index contributed by atoms with van der Waals surface area (Å²) >= 11 is 0. The van der Waals surface area contributed by atoms with Gasteiger partial charge in [0, 0.05) is 92.6 Å². The molecule has 0 amide bonds. The average molecular weight is 1570 g/mol. The fourth-order valence-corrected chi connectivity index (χ4v) is 24.7. The van der Waals surface area contributed by atoms with Crippen LogP contribution in [0.2, 0.25) is 0 Å². The van der Waals surface area contributed by atoms with Gasteiger partial charge in [-0.15, -0.1) is 0 Å². The molecule has 0 N–H and O–H groups in total. The maximum atomic E-state index is 15.9. The largest absolute Gasteiger partial charge is 0.309 e. The van der Waals surface area contributed by atoms with E-state index in [1.54, 1.807) is 0 Å². The molecule has 0 radical (unpaired) electrons. The van der Waals surface area contributed by atoms with Crippen molar-refractivity contribution in [2.75, 3.05) is 0 Å². The van der Waals surface area contributed by atoms with Crippen LogP contribution >= 0.6 is 14.3 Å². The molecule has 2 aliphatic rings. The third-order valence-corrected chi connectivity index (χ3v) is 30.3. The van der Waals surface area contributed by atoms with Crippen LogP contribution < -0.4 is 31.8 Å². The molecule has 564 valence electrons. The molecule has 2 atom stereocenters. The predicted molar refractivity (Wildman–Crippen MR) is 501 cm³/mol. The van der Waals surface area contributed by atoms with E-state index in [0.29, 0.717) is 5.82 Å². The third-order valence-electron chi connectivity index (χ3n) is 23.9. The zero-order valence-corrected chi connectivity index (χ0v) is 66.9. The van der Waals surface area contributed by atoms with Gasteiger partial charge >= 0.3 is 0 Å². The number of hydrogen-bond acceptors (Lipinski definition) is 5. The predicted octanol–water partition coefficient (Wildman–Crippen LogP) is 26.0. The highest BCUT2D eigenvalue weighted by atomic mass is 31.2. The van der Waals surface area contributed by atoms with Crippen LogP contribution in [0.4, 0.5) is 0 Å². The summed E-state index contributed by atoms with van der Waals surface area (Å²) in [6.07, 6.45) is 0. The van der Waals surface area contributed by atoms with E-state index in [0.717, 1.165) is 176 Å². The van der Waals surface area contributed by atoms with E-state index >= 15 is 9.13 Å². The van der Waals surface area contributed by atoms with Crippen LogP contribution in [0.5, 0.6) is 0 Å². The number of hydrogen-bond donors (Lipinski definition) is 0. The number of fused-ring (bicyclic) bond motifs is 14. The van der Waals surface area contributed by atoms with Gasteiger partial charge in [-0.2, -0.15) is 0 Å². The quantitative estimate of drug-likeness (QED) is 0.107. The van der Waals surface area contributed by atoms with E-state index in [2.05, 4.69) is 331 Å². The Morgan fingerprint density at radius 2 is 0.483 bits per heavy atom. The minimum atomic E-state index is -3.20. The Hall–Kier alpha value is -15.0. The fourth-order valence-electron chi connectivity index (χ4n) is 18.2. The van der Waals surface area contributed by atoms with Crippen molar-refractivity contribution in [3.63, 3.8) is 0 Å². The van der Waals surface area contributed by atoms with Crippen LogP contribution in [0.3, 0.4) is 0 Å². The van der Waals surface area contributed by atoms with Gasteiger partial charge in [-0.05, 0) is 146 Å². The highest BCUT2D eigenvalue weighted by Gasteiger charge is 2.44. The summed E-state index contributed by atoms with van der Waals surface area (Å²) in [7, 11) is -6.38. The molecule has 23 rings (SSSR count). The topological polar surface area (TPSA) is 82.7 Å². The second-order valence-electron chi connectivity index (χ2n) is 30.7. The van der Waals surface area contributed by atoms with E-state index < -0.39 is 14.3 Å². The molecule has 9 heteroatoms. The first-order valence-electron chi connectivity index (χ1n) is 40.6. The number of pyridine rings is 1. The number of nitrogens with zero attached hydrogens (tertiary/aromatic N) is 5. The van der Waals surface area contributed by atoms with Gasteiger partial charge < -0.3 is 18.3 Å². The summed E-state index contributed by atoms with van der Waals surface area (Å²) in [5.41, 5.74) is 28.4. The van der Waals surface area contributed by atoms with Crippen molar-refractivity contribution >= 4 is 89.7 Å². The average Bonchev–Trinajstić information content (AvgIpc) is 1.53. The molecule has 0 spiro atoms. The van der Waals surface area contributed by atoms with Crippen molar-refractivity contribution in [3.05, 3.63) is 443 Å². The van der Waals surface area contributed by atoms with E-state index in [1.165, 1.54) is 27.8 Å². The lowest BCUT2D eigenvalue weighted by atomic mass is 9.97. The summed E-state index contributed by atoms with van der Waals surface area (Å²) in [4.78, 5) is 15.5. The number of aromatic nitrogens is 5. The van der Waals surface area contributed by atoms with Crippen molar-refractivity contribution in [2.45, 2.75) is 0 Å². The lowest BCUT2D eigenvalue weighted by molar-refractivity contribution is 0.592. The Balaban J connectivity index is 0.000000145. The smallest absolute Gasteiger partial charge is 0.172 e. The van der Waals surface area contributed by atoms with Gasteiger partial charge in [0.15, 0.2) is 20.1 Å². The molecule has 7 nitrogen and oxygen atoms in total. The van der Waals surface area contributed by atoms with Crippen molar-refractivity contribution in [1.82, 2.24) is 24.1 Å². The van der Waals surface area contributed by atoms with E-state index in [4.69, 9.17) is 15.0 Å². The van der Waals surface area contributed by atoms with Gasteiger partial charge in [-0.1, -0.05) is 364 Å². The molecule has 2 unspecified atom stereocenters. The van der Waals surface area contributed by atoms with Gasteiger partial charge in [-0.25, -0.2) is 15.0 Å². The lowest BCUT2D eigenvalue weighted by Gasteiger charge is -2.17. The summed E-state index contributed by atoms with van der Waals surface area (Å²) in [6.45, 7) is 0.